The Morgan fingerprint density at radius 2 is 2.20 bits per heavy atom. The molecule has 1 amide bonds. The largest absolute Gasteiger partial charge is 0.338 e. The second-order valence-electron chi connectivity index (χ2n) is 6.50. The van der Waals surface area contributed by atoms with Crippen LogP contribution in [-0.2, 0) is 21.4 Å². The Labute approximate surface area is 149 Å². The molecule has 0 aromatic heterocycles. The summed E-state index contributed by atoms with van der Waals surface area (Å²) in [5.41, 5.74) is 0.755. The van der Waals surface area contributed by atoms with Crippen molar-refractivity contribution in [1.29, 1.82) is 0 Å². The number of hydrogen-bond acceptors (Lipinski definition) is 4. The van der Waals surface area contributed by atoms with Crippen LogP contribution in [0.15, 0.2) is 24.3 Å². The maximum absolute atomic E-state index is 13.3. The molecule has 6 nitrogen and oxygen atoms in total. The fourth-order valence-electron chi connectivity index (χ4n) is 3.12. The Balaban J connectivity index is 1.92. The van der Waals surface area contributed by atoms with Crippen LogP contribution < -0.4 is 4.72 Å². The van der Waals surface area contributed by atoms with Crippen LogP contribution in [0.1, 0.15) is 25.3 Å². The molecule has 1 aromatic carbocycles. The normalized spacial score (nSPS) is 18.9. The maximum atomic E-state index is 13.3. The first-order valence-corrected chi connectivity index (χ1v) is 10.4. The highest BCUT2D eigenvalue weighted by molar-refractivity contribution is 7.88. The summed E-state index contributed by atoms with van der Waals surface area (Å²) in [7, 11) is -3.25. The Morgan fingerprint density at radius 1 is 1.44 bits per heavy atom. The molecule has 140 valence electrons. The van der Waals surface area contributed by atoms with E-state index in [2.05, 4.69) is 4.72 Å². The molecule has 1 unspecified atom stereocenters. The van der Waals surface area contributed by atoms with Crippen LogP contribution in [0.5, 0.6) is 0 Å². The minimum atomic E-state index is -3.25. The van der Waals surface area contributed by atoms with E-state index < -0.39 is 10.0 Å². The van der Waals surface area contributed by atoms with Gasteiger partial charge < -0.3 is 4.90 Å². The number of nitrogens with zero attached hydrogens (tertiary/aromatic N) is 2. The summed E-state index contributed by atoms with van der Waals surface area (Å²) in [4.78, 5) is 16.2. The minimum absolute atomic E-state index is 0.0354. The summed E-state index contributed by atoms with van der Waals surface area (Å²) >= 11 is 0. The zero-order valence-corrected chi connectivity index (χ0v) is 15.6. The van der Waals surface area contributed by atoms with E-state index in [-0.39, 0.29) is 24.3 Å². The van der Waals surface area contributed by atoms with Gasteiger partial charge >= 0.3 is 0 Å². The smallest absolute Gasteiger partial charge is 0.237 e. The average Bonchev–Trinajstić information content (AvgIpc) is 2.51. The third-order valence-electron chi connectivity index (χ3n) is 4.24. The number of sulfonamides is 1. The Hall–Kier alpha value is -1.51. The molecule has 1 fully saturated rings. The molecule has 0 aliphatic carbocycles. The fraction of sp³-hybridized carbons (Fsp3) is 0.588. The molecule has 25 heavy (non-hydrogen) atoms. The quantitative estimate of drug-likeness (QED) is 0.782. The number of piperidine rings is 1. The monoisotopic (exact) mass is 371 g/mol. The summed E-state index contributed by atoms with van der Waals surface area (Å²) in [6, 6.07) is 6.09. The molecule has 1 aliphatic rings. The SMILES string of the molecule is CCN(Cc1cccc(F)c1)C(=O)CN1CCCC(NS(C)(=O)=O)C1. The van der Waals surface area contributed by atoms with Crippen molar-refractivity contribution < 1.29 is 17.6 Å². The number of rotatable bonds is 7. The van der Waals surface area contributed by atoms with Crippen molar-refractivity contribution in [1.82, 2.24) is 14.5 Å². The van der Waals surface area contributed by atoms with Gasteiger partial charge in [-0.1, -0.05) is 12.1 Å². The molecule has 0 saturated carbocycles. The van der Waals surface area contributed by atoms with Crippen LogP contribution in [0.25, 0.3) is 0 Å². The van der Waals surface area contributed by atoms with Crippen molar-refractivity contribution in [3.05, 3.63) is 35.6 Å². The number of carbonyl (C=O) groups is 1. The first-order valence-electron chi connectivity index (χ1n) is 8.48. The van der Waals surface area contributed by atoms with E-state index in [0.29, 0.717) is 19.6 Å². The van der Waals surface area contributed by atoms with Gasteiger partial charge in [-0.25, -0.2) is 17.5 Å². The molecule has 1 aromatic rings. The topological polar surface area (TPSA) is 69.7 Å². The molecule has 0 spiro atoms. The summed E-state index contributed by atoms with van der Waals surface area (Å²) in [5.74, 6) is -0.349. The van der Waals surface area contributed by atoms with E-state index in [1.165, 1.54) is 12.1 Å². The molecular weight excluding hydrogens is 345 g/mol. The lowest BCUT2D eigenvalue weighted by Gasteiger charge is -2.33. The summed E-state index contributed by atoms with van der Waals surface area (Å²) in [5, 5.41) is 0. The second-order valence-corrected chi connectivity index (χ2v) is 8.28. The molecule has 1 saturated heterocycles. The third-order valence-corrected chi connectivity index (χ3v) is 5.00. The number of benzene rings is 1. The van der Waals surface area contributed by atoms with Gasteiger partial charge in [0.25, 0.3) is 0 Å². The minimum Gasteiger partial charge on any atom is -0.338 e. The molecule has 1 aliphatic heterocycles. The van der Waals surface area contributed by atoms with Gasteiger partial charge in [0.2, 0.25) is 15.9 Å². The lowest BCUT2D eigenvalue weighted by molar-refractivity contribution is -0.133. The number of amides is 1. The van der Waals surface area contributed by atoms with E-state index in [1.54, 1.807) is 17.0 Å². The van der Waals surface area contributed by atoms with Crippen molar-refractivity contribution in [2.24, 2.45) is 0 Å². The van der Waals surface area contributed by atoms with Gasteiger partial charge in [-0.3, -0.25) is 9.69 Å². The Morgan fingerprint density at radius 3 is 2.84 bits per heavy atom. The van der Waals surface area contributed by atoms with Gasteiger partial charge in [0.15, 0.2) is 0 Å². The molecule has 1 atom stereocenters. The van der Waals surface area contributed by atoms with E-state index in [4.69, 9.17) is 0 Å². The van der Waals surface area contributed by atoms with Gasteiger partial charge in [0, 0.05) is 25.7 Å². The van der Waals surface area contributed by atoms with Crippen molar-refractivity contribution in [2.75, 3.05) is 32.4 Å². The van der Waals surface area contributed by atoms with Crippen LogP contribution in [0.2, 0.25) is 0 Å². The number of halogens is 1. The zero-order chi connectivity index (χ0) is 18.4. The van der Waals surface area contributed by atoms with Crippen molar-refractivity contribution in [2.45, 2.75) is 32.4 Å². The van der Waals surface area contributed by atoms with Crippen LogP contribution in [0, 0.1) is 5.82 Å². The van der Waals surface area contributed by atoms with Gasteiger partial charge in [-0.2, -0.15) is 0 Å². The van der Waals surface area contributed by atoms with Crippen LogP contribution in [0.3, 0.4) is 0 Å². The van der Waals surface area contributed by atoms with Gasteiger partial charge in [0.1, 0.15) is 5.82 Å². The van der Waals surface area contributed by atoms with E-state index >= 15 is 0 Å². The van der Waals surface area contributed by atoms with Crippen LogP contribution in [-0.4, -0.2) is 62.6 Å². The summed E-state index contributed by atoms with van der Waals surface area (Å²) in [6.45, 7) is 4.33. The number of likely N-dealkylation sites (tertiary alicyclic amines) is 1. The number of likely N-dealkylation sites (N-methyl/N-ethyl adjacent to an activating group) is 1. The number of carbonyl (C=O) groups excluding carboxylic acids is 1. The van der Waals surface area contributed by atoms with Gasteiger partial charge in [-0.15, -0.1) is 0 Å². The first-order chi connectivity index (χ1) is 11.8. The molecule has 1 N–H and O–H groups in total. The van der Waals surface area contributed by atoms with Crippen molar-refractivity contribution in [3.8, 4) is 0 Å². The number of nitrogens with one attached hydrogen (secondary N) is 1. The standard InChI is InChI=1S/C17H26FN3O3S/c1-3-21(11-14-6-4-7-15(18)10-14)17(22)13-20-9-5-8-16(12-20)19-25(2,23)24/h4,6-7,10,16,19H,3,5,8-9,11-13H2,1-2H3. The highest BCUT2D eigenvalue weighted by Crippen LogP contribution is 2.12. The first kappa shape index (κ1) is 19.8. The van der Waals surface area contributed by atoms with Gasteiger partial charge in [-0.05, 0) is 44.0 Å². The fourth-order valence-corrected chi connectivity index (χ4v) is 3.92. The van der Waals surface area contributed by atoms with E-state index in [1.807, 2.05) is 11.8 Å². The highest BCUT2D eigenvalue weighted by atomic mass is 32.2. The lowest BCUT2D eigenvalue weighted by Crippen LogP contribution is -2.50. The zero-order valence-electron chi connectivity index (χ0n) is 14.7. The van der Waals surface area contributed by atoms with Crippen LogP contribution >= 0.6 is 0 Å². The molecular formula is C17H26FN3O3S. The Kier molecular flexibility index (Phi) is 6.92. The molecule has 2 rings (SSSR count). The van der Waals surface area contributed by atoms with Crippen molar-refractivity contribution in [3.63, 3.8) is 0 Å². The van der Waals surface area contributed by atoms with E-state index in [0.717, 1.165) is 31.2 Å². The Bertz CT molecular complexity index is 696. The second kappa shape index (κ2) is 8.73. The maximum Gasteiger partial charge on any atom is 0.237 e. The molecule has 0 bridgehead atoms. The van der Waals surface area contributed by atoms with Gasteiger partial charge in [0.05, 0.1) is 12.8 Å². The average molecular weight is 371 g/mol. The summed E-state index contributed by atoms with van der Waals surface area (Å²) in [6.07, 6.45) is 2.77. The van der Waals surface area contributed by atoms with Crippen molar-refractivity contribution >= 4 is 15.9 Å². The number of hydrogen-bond donors (Lipinski definition) is 1. The molecule has 1 heterocycles. The van der Waals surface area contributed by atoms with Crippen LogP contribution in [0.4, 0.5) is 4.39 Å². The predicted octanol–water partition coefficient (Wildman–Crippen LogP) is 1.19. The highest BCUT2D eigenvalue weighted by Gasteiger charge is 2.25. The molecule has 0 radical (unpaired) electrons. The van der Waals surface area contributed by atoms with E-state index in [9.17, 15) is 17.6 Å². The molecule has 8 heteroatoms. The third kappa shape index (κ3) is 6.72. The lowest BCUT2D eigenvalue weighted by atomic mass is 10.1. The predicted molar refractivity (Wildman–Crippen MR) is 94.9 cm³/mol. The summed E-state index contributed by atoms with van der Waals surface area (Å²) < 4.78 is 38.7.